The molecule has 6 heteroatoms. The van der Waals surface area contributed by atoms with Gasteiger partial charge in [-0.25, -0.2) is 8.78 Å². The number of rotatable bonds is 6. The fourth-order valence-electron chi connectivity index (χ4n) is 1.92. The van der Waals surface area contributed by atoms with E-state index < -0.39 is 17.7 Å². The van der Waals surface area contributed by atoms with Crippen LogP contribution in [0.25, 0.3) is 0 Å². The van der Waals surface area contributed by atoms with Crippen molar-refractivity contribution in [2.24, 2.45) is 0 Å². The molecule has 2 aromatic carbocycles. The van der Waals surface area contributed by atoms with E-state index in [1.807, 2.05) is 12.1 Å². The lowest BCUT2D eigenvalue weighted by Gasteiger charge is -2.15. The fraction of sp³-hybridized carbons (Fsp3) is 0.235. The first-order valence-electron chi connectivity index (χ1n) is 7.02. The summed E-state index contributed by atoms with van der Waals surface area (Å²) in [5.41, 5.74) is 0.873. The number of halogens is 2. The number of nitrogens with one attached hydrogen (secondary N) is 1. The Kier molecular flexibility index (Phi) is 5.51. The maximum atomic E-state index is 13.1. The second-order valence-electron chi connectivity index (χ2n) is 4.91. The first-order valence-corrected chi connectivity index (χ1v) is 7.02. The van der Waals surface area contributed by atoms with Crippen molar-refractivity contribution in [3.63, 3.8) is 0 Å². The van der Waals surface area contributed by atoms with Gasteiger partial charge in [0.1, 0.15) is 11.5 Å². The molecule has 0 saturated heterocycles. The van der Waals surface area contributed by atoms with Gasteiger partial charge in [0.2, 0.25) is 0 Å². The third kappa shape index (κ3) is 4.67. The van der Waals surface area contributed by atoms with Gasteiger partial charge in [-0.05, 0) is 36.8 Å². The first-order chi connectivity index (χ1) is 11.0. The van der Waals surface area contributed by atoms with Crippen LogP contribution in [0, 0.1) is 11.6 Å². The van der Waals surface area contributed by atoms with Crippen molar-refractivity contribution in [2.45, 2.75) is 19.6 Å². The first kappa shape index (κ1) is 16.7. The van der Waals surface area contributed by atoms with E-state index in [2.05, 4.69) is 5.32 Å². The van der Waals surface area contributed by atoms with E-state index >= 15 is 0 Å². The Morgan fingerprint density at radius 3 is 2.61 bits per heavy atom. The number of ether oxygens (including phenoxy) is 2. The summed E-state index contributed by atoms with van der Waals surface area (Å²) in [6.07, 6.45) is -0.842. The number of hydrogen-bond donors (Lipinski definition) is 1. The number of methoxy groups -OCH3 is 1. The average molecular weight is 321 g/mol. The molecule has 4 nitrogen and oxygen atoms in total. The Morgan fingerprint density at radius 2 is 1.91 bits per heavy atom. The van der Waals surface area contributed by atoms with Crippen LogP contribution in [0.1, 0.15) is 12.5 Å². The number of benzene rings is 2. The molecular formula is C17H17F2NO3. The molecule has 0 aromatic heterocycles. The van der Waals surface area contributed by atoms with Crippen LogP contribution in [0.5, 0.6) is 11.5 Å². The van der Waals surface area contributed by atoms with E-state index in [-0.39, 0.29) is 11.7 Å². The zero-order valence-corrected chi connectivity index (χ0v) is 12.8. The van der Waals surface area contributed by atoms with Crippen LogP contribution in [-0.2, 0) is 11.3 Å². The topological polar surface area (TPSA) is 47.6 Å². The molecule has 0 aliphatic rings. The molecule has 0 aliphatic heterocycles. The summed E-state index contributed by atoms with van der Waals surface area (Å²) in [6.45, 7) is 1.84. The molecule has 0 fully saturated rings. The van der Waals surface area contributed by atoms with Crippen molar-refractivity contribution < 1.29 is 23.0 Å². The third-order valence-electron chi connectivity index (χ3n) is 3.17. The Bertz CT molecular complexity index is 691. The number of amides is 1. The monoisotopic (exact) mass is 321 g/mol. The zero-order chi connectivity index (χ0) is 16.8. The van der Waals surface area contributed by atoms with Crippen molar-refractivity contribution in [3.05, 3.63) is 59.7 Å². The molecule has 0 radical (unpaired) electrons. The predicted octanol–water partition coefficient (Wildman–Crippen LogP) is 3.06. The van der Waals surface area contributed by atoms with Gasteiger partial charge < -0.3 is 14.8 Å². The largest absolute Gasteiger partial charge is 0.497 e. The summed E-state index contributed by atoms with van der Waals surface area (Å²) >= 11 is 0. The normalized spacial score (nSPS) is 11.7. The van der Waals surface area contributed by atoms with Crippen LogP contribution in [0.2, 0.25) is 0 Å². The van der Waals surface area contributed by atoms with Crippen LogP contribution in [0.15, 0.2) is 42.5 Å². The summed E-state index contributed by atoms with van der Waals surface area (Å²) in [5.74, 6) is -1.56. The minimum Gasteiger partial charge on any atom is -0.497 e. The van der Waals surface area contributed by atoms with Crippen LogP contribution in [0.4, 0.5) is 8.78 Å². The minimum absolute atomic E-state index is 0.0907. The van der Waals surface area contributed by atoms with Crippen LogP contribution in [0.3, 0.4) is 0 Å². The molecule has 2 aromatic rings. The SMILES string of the molecule is COc1cccc(CNC(=O)C(C)Oc2ccc(F)c(F)c2)c1. The van der Waals surface area contributed by atoms with E-state index in [0.717, 1.165) is 17.7 Å². The van der Waals surface area contributed by atoms with Crippen LogP contribution >= 0.6 is 0 Å². The number of hydrogen-bond acceptors (Lipinski definition) is 3. The van der Waals surface area contributed by atoms with Crippen molar-refractivity contribution in [1.29, 1.82) is 0 Å². The summed E-state index contributed by atoms with van der Waals surface area (Å²) in [5, 5.41) is 2.71. The van der Waals surface area contributed by atoms with Crippen LogP contribution in [-0.4, -0.2) is 19.1 Å². The summed E-state index contributed by atoms with van der Waals surface area (Å²) in [7, 11) is 1.56. The lowest BCUT2D eigenvalue weighted by atomic mass is 10.2. The highest BCUT2D eigenvalue weighted by Crippen LogP contribution is 2.17. The third-order valence-corrected chi connectivity index (χ3v) is 3.17. The highest BCUT2D eigenvalue weighted by Gasteiger charge is 2.15. The smallest absolute Gasteiger partial charge is 0.261 e. The summed E-state index contributed by atoms with van der Waals surface area (Å²) in [6, 6.07) is 10.4. The van der Waals surface area contributed by atoms with Gasteiger partial charge in [0, 0.05) is 12.6 Å². The molecule has 1 unspecified atom stereocenters. The summed E-state index contributed by atoms with van der Waals surface area (Å²) in [4.78, 5) is 12.0. The van der Waals surface area contributed by atoms with Gasteiger partial charge in [0.15, 0.2) is 17.7 Å². The summed E-state index contributed by atoms with van der Waals surface area (Å²) < 4.78 is 36.4. The second kappa shape index (κ2) is 7.58. The maximum Gasteiger partial charge on any atom is 0.261 e. The molecule has 1 amide bonds. The van der Waals surface area contributed by atoms with E-state index in [1.54, 1.807) is 19.2 Å². The Morgan fingerprint density at radius 1 is 1.13 bits per heavy atom. The molecule has 0 heterocycles. The molecule has 0 spiro atoms. The van der Waals surface area contributed by atoms with E-state index in [4.69, 9.17) is 9.47 Å². The second-order valence-corrected chi connectivity index (χ2v) is 4.91. The highest BCUT2D eigenvalue weighted by molar-refractivity contribution is 5.80. The molecule has 23 heavy (non-hydrogen) atoms. The van der Waals surface area contributed by atoms with Crippen molar-refractivity contribution in [3.8, 4) is 11.5 Å². The highest BCUT2D eigenvalue weighted by atomic mass is 19.2. The lowest BCUT2D eigenvalue weighted by Crippen LogP contribution is -2.35. The quantitative estimate of drug-likeness (QED) is 0.889. The van der Waals surface area contributed by atoms with E-state index in [9.17, 15) is 13.6 Å². The van der Waals surface area contributed by atoms with Crippen molar-refractivity contribution in [1.82, 2.24) is 5.32 Å². The number of carbonyl (C=O) groups is 1. The predicted molar refractivity (Wildman–Crippen MR) is 81.3 cm³/mol. The zero-order valence-electron chi connectivity index (χ0n) is 12.8. The standard InChI is InChI=1S/C17H17F2NO3/c1-11(23-14-6-7-15(18)16(19)9-14)17(21)20-10-12-4-3-5-13(8-12)22-2/h3-9,11H,10H2,1-2H3,(H,20,21). The van der Waals surface area contributed by atoms with Crippen molar-refractivity contribution in [2.75, 3.05) is 7.11 Å². The van der Waals surface area contributed by atoms with Gasteiger partial charge >= 0.3 is 0 Å². The lowest BCUT2D eigenvalue weighted by molar-refractivity contribution is -0.127. The minimum atomic E-state index is -1.02. The average Bonchev–Trinajstić information content (AvgIpc) is 2.56. The Balaban J connectivity index is 1.90. The van der Waals surface area contributed by atoms with Gasteiger partial charge in [0.05, 0.1) is 7.11 Å². The van der Waals surface area contributed by atoms with Gasteiger partial charge in [0.25, 0.3) is 5.91 Å². The van der Waals surface area contributed by atoms with Gasteiger partial charge in [-0.15, -0.1) is 0 Å². The molecule has 1 N–H and O–H groups in total. The molecule has 0 bridgehead atoms. The van der Waals surface area contributed by atoms with Crippen LogP contribution < -0.4 is 14.8 Å². The Hall–Kier alpha value is -2.63. The molecule has 2 rings (SSSR count). The molecule has 0 saturated carbocycles. The molecular weight excluding hydrogens is 304 g/mol. The molecule has 0 aliphatic carbocycles. The maximum absolute atomic E-state index is 13.1. The molecule has 1 atom stereocenters. The van der Waals surface area contributed by atoms with Gasteiger partial charge in [-0.1, -0.05) is 12.1 Å². The Labute approximate surface area is 133 Å². The van der Waals surface area contributed by atoms with Crippen molar-refractivity contribution >= 4 is 5.91 Å². The van der Waals surface area contributed by atoms with E-state index in [0.29, 0.717) is 12.3 Å². The fourth-order valence-corrected chi connectivity index (χ4v) is 1.92. The van der Waals surface area contributed by atoms with Gasteiger partial charge in [-0.3, -0.25) is 4.79 Å². The molecule has 122 valence electrons. The number of carbonyl (C=O) groups excluding carboxylic acids is 1. The van der Waals surface area contributed by atoms with E-state index in [1.165, 1.54) is 13.0 Å². The van der Waals surface area contributed by atoms with Gasteiger partial charge in [-0.2, -0.15) is 0 Å².